The molecule has 3 aromatic rings. The Bertz CT molecular complexity index is 874. The van der Waals surface area contributed by atoms with Crippen molar-refractivity contribution in [1.29, 1.82) is 0 Å². The average Bonchev–Trinajstić information content (AvgIpc) is 3.29. The molecule has 0 saturated heterocycles. The molecule has 1 aromatic carbocycles. The molecule has 0 saturated carbocycles. The number of amides is 1. The first-order chi connectivity index (χ1) is 12.2. The molecule has 0 unspecified atom stereocenters. The highest BCUT2D eigenvalue weighted by Gasteiger charge is 2.17. The van der Waals surface area contributed by atoms with Crippen LogP contribution in [0.5, 0.6) is 0 Å². The molecule has 0 aliphatic carbocycles. The fourth-order valence-electron chi connectivity index (χ4n) is 1.97. The zero-order valence-corrected chi connectivity index (χ0v) is 15.0. The molecule has 0 atom stereocenters. The van der Waals surface area contributed by atoms with Crippen LogP contribution in [-0.2, 0) is 17.0 Å². The molecule has 0 aliphatic heterocycles. The standard InChI is InChI=1S/C17H15N3O3S2/c1-2-12-8-18-13(23-12)10-24-14-9-19-17(25-14)20-16(22)15(21)11-6-4-3-5-7-11/h3-9H,2,10H2,1H3,(H,19,20,22). The fourth-order valence-corrected chi connectivity index (χ4v) is 3.69. The highest BCUT2D eigenvalue weighted by atomic mass is 32.2. The first-order valence-electron chi connectivity index (χ1n) is 7.58. The van der Waals surface area contributed by atoms with Crippen LogP contribution in [0.15, 0.2) is 51.4 Å². The number of rotatable bonds is 7. The zero-order chi connectivity index (χ0) is 17.6. The van der Waals surface area contributed by atoms with Gasteiger partial charge in [0.1, 0.15) is 5.76 Å². The van der Waals surface area contributed by atoms with Gasteiger partial charge < -0.3 is 4.42 Å². The van der Waals surface area contributed by atoms with Gasteiger partial charge in [-0.15, -0.1) is 11.8 Å². The Morgan fingerprint density at radius 3 is 2.72 bits per heavy atom. The number of hydrogen-bond acceptors (Lipinski definition) is 7. The monoisotopic (exact) mass is 373 g/mol. The molecule has 1 N–H and O–H groups in total. The minimum atomic E-state index is -0.697. The molecule has 0 aliphatic rings. The number of aromatic nitrogens is 2. The Kier molecular flexibility index (Phi) is 5.62. The number of carbonyl (C=O) groups is 2. The quantitative estimate of drug-likeness (QED) is 0.385. The number of carbonyl (C=O) groups excluding carboxylic acids is 2. The molecule has 128 valence electrons. The van der Waals surface area contributed by atoms with E-state index in [4.69, 9.17) is 4.42 Å². The van der Waals surface area contributed by atoms with Crippen molar-refractivity contribution in [3.63, 3.8) is 0 Å². The summed E-state index contributed by atoms with van der Waals surface area (Å²) in [4.78, 5) is 32.4. The van der Waals surface area contributed by atoms with Gasteiger partial charge in [0, 0.05) is 12.0 Å². The van der Waals surface area contributed by atoms with Gasteiger partial charge >= 0.3 is 0 Å². The number of ketones is 1. The number of benzene rings is 1. The van der Waals surface area contributed by atoms with Crippen LogP contribution in [0.4, 0.5) is 5.13 Å². The molecule has 8 heteroatoms. The van der Waals surface area contributed by atoms with Crippen molar-refractivity contribution in [3.8, 4) is 0 Å². The third kappa shape index (κ3) is 4.55. The molecular weight excluding hydrogens is 358 g/mol. The topological polar surface area (TPSA) is 85.1 Å². The van der Waals surface area contributed by atoms with E-state index in [1.54, 1.807) is 42.7 Å². The highest BCUT2D eigenvalue weighted by molar-refractivity contribution is 8.00. The molecule has 0 radical (unpaired) electrons. The number of hydrogen-bond donors (Lipinski definition) is 1. The molecule has 0 fully saturated rings. The number of aryl methyl sites for hydroxylation is 1. The van der Waals surface area contributed by atoms with Gasteiger partial charge in [0.05, 0.1) is 22.4 Å². The summed E-state index contributed by atoms with van der Waals surface area (Å²) in [7, 11) is 0. The second kappa shape index (κ2) is 8.09. The number of oxazole rings is 1. The van der Waals surface area contributed by atoms with Crippen LogP contribution in [0.3, 0.4) is 0 Å². The van der Waals surface area contributed by atoms with Gasteiger partial charge in [0.15, 0.2) is 5.13 Å². The summed E-state index contributed by atoms with van der Waals surface area (Å²) in [5.41, 5.74) is 0.349. The Hall–Kier alpha value is -2.45. The maximum Gasteiger partial charge on any atom is 0.298 e. The first-order valence-corrected chi connectivity index (χ1v) is 9.39. The number of nitrogens with one attached hydrogen (secondary N) is 1. The van der Waals surface area contributed by atoms with Crippen LogP contribution >= 0.6 is 23.1 Å². The number of thioether (sulfide) groups is 1. The minimum absolute atomic E-state index is 0.349. The lowest BCUT2D eigenvalue weighted by Gasteiger charge is -2.00. The average molecular weight is 373 g/mol. The van der Waals surface area contributed by atoms with Crippen LogP contribution in [0.2, 0.25) is 0 Å². The third-order valence-electron chi connectivity index (χ3n) is 3.23. The van der Waals surface area contributed by atoms with E-state index < -0.39 is 11.7 Å². The molecule has 25 heavy (non-hydrogen) atoms. The lowest BCUT2D eigenvalue weighted by Crippen LogP contribution is -2.22. The molecular formula is C17H15N3O3S2. The summed E-state index contributed by atoms with van der Waals surface area (Å²) >= 11 is 2.82. The predicted molar refractivity (Wildman–Crippen MR) is 97.0 cm³/mol. The number of Topliss-reactive ketones (excluding diaryl/α,β-unsaturated/α-hetero) is 1. The van der Waals surface area contributed by atoms with Crippen molar-refractivity contribution >= 4 is 39.9 Å². The number of thiazole rings is 1. The molecule has 6 nitrogen and oxygen atoms in total. The summed E-state index contributed by atoms with van der Waals surface area (Å²) in [5.74, 6) is 0.806. The van der Waals surface area contributed by atoms with Gasteiger partial charge in [-0.1, -0.05) is 48.6 Å². The van der Waals surface area contributed by atoms with Gasteiger partial charge in [-0.2, -0.15) is 0 Å². The molecule has 2 aromatic heterocycles. The lowest BCUT2D eigenvalue weighted by atomic mass is 10.1. The van der Waals surface area contributed by atoms with E-state index in [1.165, 1.54) is 23.1 Å². The van der Waals surface area contributed by atoms with Gasteiger partial charge in [-0.05, 0) is 0 Å². The van der Waals surface area contributed by atoms with E-state index >= 15 is 0 Å². The molecule has 1 amide bonds. The molecule has 3 rings (SSSR count). The smallest absolute Gasteiger partial charge is 0.298 e. The van der Waals surface area contributed by atoms with E-state index in [-0.39, 0.29) is 0 Å². The summed E-state index contributed by atoms with van der Waals surface area (Å²) in [6.07, 6.45) is 4.19. The Morgan fingerprint density at radius 2 is 2.00 bits per heavy atom. The first kappa shape index (κ1) is 17.4. The van der Waals surface area contributed by atoms with Gasteiger partial charge in [-0.25, -0.2) is 9.97 Å². The molecule has 2 heterocycles. The second-order valence-corrected chi connectivity index (χ2v) is 7.30. The van der Waals surface area contributed by atoms with E-state index in [0.29, 0.717) is 22.3 Å². The molecule has 0 bridgehead atoms. The maximum atomic E-state index is 12.0. The second-order valence-electron chi connectivity index (χ2n) is 5.00. The highest BCUT2D eigenvalue weighted by Crippen LogP contribution is 2.30. The van der Waals surface area contributed by atoms with Crippen molar-refractivity contribution < 1.29 is 14.0 Å². The van der Waals surface area contributed by atoms with Crippen LogP contribution in [0, 0.1) is 0 Å². The Morgan fingerprint density at radius 1 is 1.20 bits per heavy atom. The molecule has 0 spiro atoms. The van der Waals surface area contributed by atoms with Crippen LogP contribution in [0.1, 0.15) is 28.9 Å². The summed E-state index contributed by atoms with van der Waals surface area (Å²) in [6, 6.07) is 8.42. The van der Waals surface area contributed by atoms with Crippen molar-refractivity contribution in [2.24, 2.45) is 0 Å². The summed E-state index contributed by atoms with van der Waals surface area (Å²) < 4.78 is 6.45. The van der Waals surface area contributed by atoms with Gasteiger partial charge in [0.25, 0.3) is 11.7 Å². The normalized spacial score (nSPS) is 10.6. The van der Waals surface area contributed by atoms with Crippen LogP contribution < -0.4 is 5.32 Å². The largest absolute Gasteiger partial charge is 0.445 e. The Labute approximate surface area is 152 Å². The number of nitrogens with zero attached hydrogens (tertiary/aromatic N) is 2. The summed E-state index contributed by atoms with van der Waals surface area (Å²) in [5, 5.41) is 2.93. The Balaban J connectivity index is 1.56. The van der Waals surface area contributed by atoms with E-state index in [1.807, 2.05) is 6.92 Å². The van der Waals surface area contributed by atoms with Crippen LogP contribution in [0.25, 0.3) is 0 Å². The van der Waals surface area contributed by atoms with E-state index in [9.17, 15) is 9.59 Å². The van der Waals surface area contributed by atoms with E-state index in [2.05, 4.69) is 15.3 Å². The summed E-state index contributed by atoms with van der Waals surface area (Å²) in [6.45, 7) is 2.01. The van der Waals surface area contributed by atoms with Crippen molar-refractivity contribution in [1.82, 2.24) is 9.97 Å². The predicted octanol–water partition coefficient (Wildman–Crippen LogP) is 3.81. The van der Waals surface area contributed by atoms with Gasteiger partial charge in [0.2, 0.25) is 5.89 Å². The van der Waals surface area contributed by atoms with Crippen molar-refractivity contribution in [2.45, 2.75) is 23.3 Å². The maximum absolute atomic E-state index is 12.0. The third-order valence-corrected chi connectivity index (χ3v) is 5.33. The van der Waals surface area contributed by atoms with Crippen LogP contribution in [-0.4, -0.2) is 21.7 Å². The number of anilines is 1. The lowest BCUT2D eigenvalue weighted by molar-refractivity contribution is -0.112. The SMILES string of the molecule is CCc1cnc(CSc2cnc(NC(=O)C(=O)c3ccccc3)s2)o1. The van der Waals surface area contributed by atoms with Crippen molar-refractivity contribution in [3.05, 3.63) is 59.9 Å². The zero-order valence-electron chi connectivity index (χ0n) is 13.4. The van der Waals surface area contributed by atoms with Crippen molar-refractivity contribution in [2.75, 3.05) is 5.32 Å². The van der Waals surface area contributed by atoms with E-state index in [0.717, 1.165) is 16.4 Å². The fraction of sp³-hybridized carbons (Fsp3) is 0.176. The minimum Gasteiger partial charge on any atom is -0.445 e. The van der Waals surface area contributed by atoms with Gasteiger partial charge in [-0.3, -0.25) is 14.9 Å².